The molecule has 0 saturated carbocycles. The van der Waals surface area contributed by atoms with E-state index in [9.17, 15) is 4.79 Å². The molecule has 0 aliphatic carbocycles. The minimum atomic E-state index is 0.0164. The van der Waals surface area contributed by atoms with Crippen LogP contribution in [0.1, 0.15) is 38.3 Å². The summed E-state index contributed by atoms with van der Waals surface area (Å²) in [6.45, 7) is 3.95. The molecule has 0 heterocycles. The lowest BCUT2D eigenvalue weighted by Gasteiger charge is -2.14. The summed E-state index contributed by atoms with van der Waals surface area (Å²) < 4.78 is 0. The van der Waals surface area contributed by atoms with E-state index in [0.29, 0.717) is 11.4 Å². The maximum absolute atomic E-state index is 11.4. The van der Waals surface area contributed by atoms with E-state index in [2.05, 4.69) is 5.32 Å². The summed E-state index contributed by atoms with van der Waals surface area (Å²) in [7, 11) is 0. The number of hydrogen-bond acceptors (Lipinski definition) is 1. The topological polar surface area (TPSA) is 29.1 Å². The van der Waals surface area contributed by atoms with Gasteiger partial charge in [0.05, 0.1) is 6.04 Å². The molecular weight excluding hydrogens is 210 g/mol. The van der Waals surface area contributed by atoms with E-state index in [1.54, 1.807) is 0 Å². The Hall–Kier alpha value is -1.02. The Balaban J connectivity index is 2.60. The van der Waals surface area contributed by atoms with Crippen LogP contribution >= 0.6 is 11.6 Å². The minimum Gasteiger partial charge on any atom is -0.350 e. The van der Waals surface area contributed by atoms with Crippen LogP contribution in [0.15, 0.2) is 24.3 Å². The summed E-state index contributed by atoms with van der Waals surface area (Å²) in [6, 6.07) is 7.57. The predicted molar refractivity (Wildman–Crippen MR) is 62.9 cm³/mol. The maximum atomic E-state index is 11.4. The van der Waals surface area contributed by atoms with Crippen LogP contribution in [0.3, 0.4) is 0 Å². The van der Waals surface area contributed by atoms with Crippen LogP contribution in [-0.2, 0) is 4.79 Å². The molecule has 0 fully saturated rings. The lowest BCUT2D eigenvalue weighted by atomic mass is 10.1. The van der Waals surface area contributed by atoms with Gasteiger partial charge in [-0.1, -0.05) is 30.7 Å². The van der Waals surface area contributed by atoms with Gasteiger partial charge in [-0.3, -0.25) is 4.79 Å². The molecule has 1 atom stereocenters. The number of hydrogen-bond donors (Lipinski definition) is 1. The third-order valence-electron chi connectivity index (χ3n) is 2.20. The van der Waals surface area contributed by atoms with Gasteiger partial charge in [0, 0.05) is 11.4 Å². The van der Waals surface area contributed by atoms with Crippen molar-refractivity contribution in [2.45, 2.75) is 32.7 Å². The smallest absolute Gasteiger partial charge is 0.220 e. The fraction of sp³-hybridized carbons (Fsp3) is 0.417. The van der Waals surface area contributed by atoms with Gasteiger partial charge in [0.25, 0.3) is 0 Å². The molecule has 82 valence electrons. The Labute approximate surface area is 95.6 Å². The lowest BCUT2D eigenvalue weighted by molar-refractivity contribution is -0.121. The Morgan fingerprint density at radius 3 is 2.87 bits per heavy atom. The monoisotopic (exact) mass is 225 g/mol. The van der Waals surface area contributed by atoms with Gasteiger partial charge in [-0.05, 0) is 31.0 Å². The first kappa shape index (κ1) is 12.1. The highest BCUT2D eigenvalue weighted by molar-refractivity contribution is 6.30. The molecule has 0 aromatic heterocycles. The normalized spacial score (nSPS) is 12.2. The van der Waals surface area contributed by atoms with E-state index in [0.717, 1.165) is 12.0 Å². The van der Waals surface area contributed by atoms with E-state index in [-0.39, 0.29) is 11.9 Å². The summed E-state index contributed by atoms with van der Waals surface area (Å²) in [5.74, 6) is 0.0879. The van der Waals surface area contributed by atoms with Crippen LogP contribution in [0.2, 0.25) is 5.02 Å². The zero-order chi connectivity index (χ0) is 11.3. The first-order chi connectivity index (χ1) is 7.13. The largest absolute Gasteiger partial charge is 0.350 e. The number of benzene rings is 1. The number of nitrogens with one attached hydrogen (secondary N) is 1. The van der Waals surface area contributed by atoms with E-state index in [1.165, 1.54) is 0 Å². The minimum absolute atomic E-state index is 0.0164. The molecule has 0 saturated heterocycles. The Morgan fingerprint density at radius 1 is 1.53 bits per heavy atom. The van der Waals surface area contributed by atoms with Crippen molar-refractivity contribution in [3.8, 4) is 0 Å². The highest BCUT2D eigenvalue weighted by atomic mass is 35.5. The van der Waals surface area contributed by atoms with Crippen molar-refractivity contribution in [3.05, 3.63) is 34.9 Å². The standard InChI is InChI=1S/C12H16ClNO/c1-3-5-12(15)14-9(2)10-6-4-7-11(13)8-10/h4,6-9H,3,5H2,1-2H3,(H,14,15)/t9-/m0/s1. The van der Waals surface area contributed by atoms with Gasteiger partial charge in [0.1, 0.15) is 0 Å². The number of amides is 1. The fourth-order valence-corrected chi connectivity index (χ4v) is 1.60. The van der Waals surface area contributed by atoms with Crippen molar-refractivity contribution in [1.82, 2.24) is 5.32 Å². The highest BCUT2D eigenvalue weighted by Crippen LogP contribution is 2.17. The van der Waals surface area contributed by atoms with Crippen LogP contribution < -0.4 is 5.32 Å². The van der Waals surface area contributed by atoms with Gasteiger partial charge in [0.15, 0.2) is 0 Å². The predicted octanol–water partition coefficient (Wildman–Crippen LogP) is 3.32. The SMILES string of the molecule is CCCC(=O)N[C@@H](C)c1cccc(Cl)c1. The lowest BCUT2D eigenvalue weighted by Crippen LogP contribution is -2.26. The molecule has 1 aromatic rings. The average Bonchev–Trinajstić information content (AvgIpc) is 2.18. The number of halogens is 1. The molecule has 0 radical (unpaired) electrons. The first-order valence-electron chi connectivity index (χ1n) is 5.18. The summed E-state index contributed by atoms with van der Waals surface area (Å²) in [4.78, 5) is 11.4. The Bertz CT molecular complexity index is 338. The number of carbonyl (C=O) groups excluding carboxylic acids is 1. The zero-order valence-electron chi connectivity index (χ0n) is 9.09. The summed E-state index contributed by atoms with van der Waals surface area (Å²) in [6.07, 6.45) is 1.44. The molecule has 3 heteroatoms. The fourth-order valence-electron chi connectivity index (χ4n) is 1.40. The molecule has 0 aliphatic heterocycles. The molecule has 0 unspecified atom stereocenters. The summed E-state index contributed by atoms with van der Waals surface area (Å²) >= 11 is 5.87. The summed E-state index contributed by atoms with van der Waals surface area (Å²) in [5.41, 5.74) is 1.03. The van der Waals surface area contributed by atoms with Crippen molar-refractivity contribution in [2.24, 2.45) is 0 Å². The molecule has 0 spiro atoms. The molecule has 0 aliphatic rings. The van der Waals surface area contributed by atoms with E-state index < -0.39 is 0 Å². The van der Waals surface area contributed by atoms with Gasteiger partial charge in [-0.15, -0.1) is 0 Å². The van der Waals surface area contributed by atoms with Crippen molar-refractivity contribution < 1.29 is 4.79 Å². The Kier molecular flexibility index (Phi) is 4.63. The van der Waals surface area contributed by atoms with Crippen molar-refractivity contribution in [1.29, 1.82) is 0 Å². The van der Waals surface area contributed by atoms with E-state index in [1.807, 2.05) is 38.1 Å². The van der Waals surface area contributed by atoms with Crippen LogP contribution in [0, 0.1) is 0 Å². The molecule has 1 rings (SSSR count). The molecule has 0 bridgehead atoms. The average molecular weight is 226 g/mol. The van der Waals surface area contributed by atoms with Crippen LogP contribution in [0.5, 0.6) is 0 Å². The maximum Gasteiger partial charge on any atom is 0.220 e. The number of rotatable bonds is 4. The van der Waals surface area contributed by atoms with Crippen molar-refractivity contribution in [3.63, 3.8) is 0 Å². The number of carbonyl (C=O) groups is 1. The van der Waals surface area contributed by atoms with Gasteiger partial charge < -0.3 is 5.32 Å². The molecular formula is C12H16ClNO. The second kappa shape index (κ2) is 5.76. The molecule has 1 N–H and O–H groups in total. The summed E-state index contributed by atoms with van der Waals surface area (Å²) in [5, 5.41) is 3.62. The van der Waals surface area contributed by atoms with Crippen molar-refractivity contribution >= 4 is 17.5 Å². The third kappa shape index (κ3) is 3.92. The molecule has 1 amide bonds. The van der Waals surface area contributed by atoms with Gasteiger partial charge in [-0.25, -0.2) is 0 Å². The van der Waals surface area contributed by atoms with Crippen molar-refractivity contribution in [2.75, 3.05) is 0 Å². The third-order valence-corrected chi connectivity index (χ3v) is 2.44. The molecule has 15 heavy (non-hydrogen) atoms. The second-order valence-corrected chi connectivity index (χ2v) is 4.03. The highest BCUT2D eigenvalue weighted by Gasteiger charge is 2.08. The quantitative estimate of drug-likeness (QED) is 0.837. The molecule has 2 nitrogen and oxygen atoms in total. The van der Waals surface area contributed by atoms with Gasteiger partial charge in [0.2, 0.25) is 5.91 Å². The van der Waals surface area contributed by atoms with E-state index in [4.69, 9.17) is 11.6 Å². The molecule has 1 aromatic carbocycles. The van der Waals surface area contributed by atoms with Crippen LogP contribution in [0.4, 0.5) is 0 Å². The van der Waals surface area contributed by atoms with E-state index >= 15 is 0 Å². The second-order valence-electron chi connectivity index (χ2n) is 3.59. The van der Waals surface area contributed by atoms with Gasteiger partial charge in [-0.2, -0.15) is 0 Å². The van der Waals surface area contributed by atoms with Crippen LogP contribution in [0.25, 0.3) is 0 Å². The first-order valence-corrected chi connectivity index (χ1v) is 5.56. The Morgan fingerprint density at radius 2 is 2.27 bits per heavy atom. The van der Waals surface area contributed by atoms with Crippen LogP contribution in [-0.4, -0.2) is 5.91 Å². The van der Waals surface area contributed by atoms with Gasteiger partial charge >= 0.3 is 0 Å². The zero-order valence-corrected chi connectivity index (χ0v) is 9.84.